The standard InChI is InChI=1S/C23H26ClN3.CH2O2/c24-20-11-4-2-9-18(20)23-17-22(19-10-3-5-12-21(19)26-23)25-13-8-16-27-14-6-1-7-15-27;2-1-3/h2-5,9-12,17H,1,6-8,13-16H2,(H,25,26);1H,(H,2,3). The molecule has 1 aliphatic heterocycles. The summed E-state index contributed by atoms with van der Waals surface area (Å²) in [7, 11) is 0. The number of hydrogen-bond donors (Lipinski definition) is 2. The van der Waals surface area contributed by atoms with Crippen LogP contribution in [-0.4, -0.2) is 47.6 Å². The quantitative estimate of drug-likeness (QED) is 0.400. The number of hydrogen-bond acceptors (Lipinski definition) is 4. The molecule has 1 saturated heterocycles. The molecule has 0 atom stereocenters. The van der Waals surface area contributed by atoms with E-state index >= 15 is 0 Å². The van der Waals surface area contributed by atoms with Gasteiger partial charge in [-0.3, -0.25) is 4.79 Å². The van der Waals surface area contributed by atoms with Crippen LogP contribution in [0, 0.1) is 0 Å². The van der Waals surface area contributed by atoms with Gasteiger partial charge in [0.1, 0.15) is 0 Å². The Labute approximate surface area is 182 Å². The number of piperidine rings is 1. The highest BCUT2D eigenvalue weighted by Crippen LogP contribution is 2.31. The molecule has 0 radical (unpaired) electrons. The highest BCUT2D eigenvalue weighted by atomic mass is 35.5. The van der Waals surface area contributed by atoms with Crippen molar-refractivity contribution in [3.8, 4) is 11.3 Å². The fourth-order valence-electron chi connectivity index (χ4n) is 3.84. The van der Waals surface area contributed by atoms with Crippen molar-refractivity contribution in [1.82, 2.24) is 9.88 Å². The number of anilines is 1. The van der Waals surface area contributed by atoms with Crippen molar-refractivity contribution in [1.29, 1.82) is 0 Å². The predicted molar refractivity (Wildman–Crippen MR) is 124 cm³/mol. The molecular formula is C24H28ClN3O2. The Hall–Kier alpha value is -2.63. The Balaban J connectivity index is 0.000000806. The van der Waals surface area contributed by atoms with Crippen LogP contribution >= 0.6 is 11.6 Å². The fourth-order valence-corrected chi connectivity index (χ4v) is 4.07. The van der Waals surface area contributed by atoms with Gasteiger partial charge in [-0.2, -0.15) is 0 Å². The molecule has 1 fully saturated rings. The Morgan fingerprint density at radius 2 is 1.77 bits per heavy atom. The van der Waals surface area contributed by atoms with E-state index in [1.54, 1.807) is 0 Å². The second kappa shape index (κ2) is 11.5. The van der Waals surface area contributed by atoms with Gasteiger partial charge in [-0.25, -0.2) is 4.98 Å². The first kappa shape index (κ1) is 22.1. The van der Waals surface area contributed by atoms with E-state index in [4.69, 9.17) is 26.5 Å². The molecule has 6 heteroatoms. The lowest BCUT2D eigenvalue weighted by Gasteiger charge is -2.26. The van der Waals surface area contributed by atoms with Crippen molar-refractivity contribution < 1.29 is 9.90 Å². The molecule has 5 nitrogen and oxygen atoms in total. The summed E-state index contributed by atoms with van der Waals surface area (Å²) in [6.45, 7) is 4.41. The maximum absolute atomic E-state index is 8.36. The molecule has 0 unspecified atom stereocenters. The van der Waals surface area contributed by atoms with Gasteiger partial charge in [0.25, 0.3) is 6.47 Å². The monoisotopic (exact) mass is 425 g/mol. The zero-order valence-corrected chi connectivity index (χ0v) is 17.8. The minimum Gasteiger partial charge on any atom is -0.483 e. The second-order valence-electron chi connectivity index (χ2n) is 7.34. The summed E-state index contributed by atoms with van der Waals surface area (Å²) in [6.07, 6.45) is 5.24. The molecule has 158 valence electrons. The molecule has 3 aromatic rings. The summed E-state index contributed by atoms with van der Waals surface area (Å²) in [6, 6.07) is 18.3. The highest BCUT2D eigenvalue weighted by Gasteiger charge is 2.11. The minimum atomic E-state index is -0.250. The van der Waals surface area contributed by atoms with Crippen molar-refractivity contribution in [3.63, 3.8) is 0 Å². The van der Waals surface area contributed by atoms with Crippen molar-refractivity contribution in [2.75, 3.05) is 31.5 Å². The van der Waals surface area contributed by atoms with Gasteiger partial charge in [-0.05, 0) is 57.1 Å². The number of nitrogens with zero attached hydrogens (tertiary/aromatic N) is 2. The van der Waals surface area contributed by atoms with E-state index in [0.717, 1.165) is 45.8 Å². The summed E-state index contributed by atoms with van der Waals surface area (Å²) < 4.78 is 0. The smallest absolute Gasteiger partial charge is 0.290 e. The maximum atomic E-state index is 8.36. The Kier molecular flexibility index (Phi) is 8.48. The van der Waals surface area contributed by atoms with Crippen LogP contribution in [0.4, 0.5) is 5.69 Å². The summed E-state index contributed by atoms with van der Waals surface area (Å²) in [4.78, 5) is 15.8. The Morgan fingerprint density at radius 3 is 2.53 bits per heavy atom. The van der Waals surface area contributed by atoms with E-state index in [0.29, 0.717) is 0 Å². The molecule has 0 amide bonds. The van der Waals surface area contributed by atoms with Crippen LogP contribution in [0.1, 0.15) is 25.7 Å². The topological polar surface area (TPSA) is 65.5 Å². The minimum absolute atomic E-state index is 0.250. The summed E-state index contributed by atoms with van der Waals surface area (Å²) in [5.74, 6) is 0. The molecule has 2 N–H and O–H groups in total. The van der Waals surface area contributed by atoms with Gasteiger partial charge in [-0.1, -0.05) is 54.4 Å². The third-order valence-electron chi connectivity index (χ3n) is 5.28. The van der Waals surface area contributed by atoms with Crippen LogP contribution in [0.3, 0.4) is 0 Å². The summed E-state index contributed by atoms with van der Waals surface area (Å²) in [5.41, 5.74) is 4.02. The number of aromatic nitrogens is 1. The zero-order chi connectivity index (χ0) is 21.2. The second-order valence-corrected chi connectivity index (χ2v) is 7.75. The molecule has 1 aromatic heterocycles. The van der Waals surface area contributed by atoms with Gasteiger partial charge in [0.2, 0.25) is 0 Å². The van der Waals surface area contributed by atoms with Gasteiger partial charge < -0.3 is 15.3 Å². The average molecular weight is 426 g/mol. The molecule has 1 aliphatic rings. The molecule has 0 saturated carbocycles. The van der Waals surface area contributed by atoms with Crippen LogP contribution in [-0.2, 0) is 4.79 Å². The van der Waals surface area contributed by atoms with E-state index in [2.05, 4.69) is 34.5 Å². The first-order valence-electron chi connectivity index (χ1n) is 10.4. The number of para-hydroxylation sites is 1. The molecule has 0 bridgehead atoms. The third kappa shape index (κ3) is 5.94. The van der Waals surface area contributed by atoms with Gasteiger partial charge in [0.15, 0.2) is 0 Å². The van der Waals surface area contributed by atoms with Gasteiger partial charge in [-0.15, -0.1) is 0 Å². The highest BCUT2D eigenvalue weighted by molar-refractivity contribution is 6.33. The molecule has 2 aromatic carbocycles. The van der Waals surface area contributed by atoms with Gasteiger partial charge in [0.05, 0.1) is 11.2 Å². The van der Waals surface area contributed by atoms with Crippen molar-refractivity contribution in [2.45, 2.75) is 25.7 Å². The van der Waals surface area contributed by atoms with Crippen LogP contribution in [0.15, 0.2) is 54.6 Å². The van der Waals surface area contributed by atoms with E-state index in [9.17, 15) is 0 Å². The molecule has 4 rings (SSSR count). The van der Waals surface area contributed by atoms with Crippen molar-refractivity contribution >= 4 is 34.7 Å². The number of pyridine rings is 1. The number of halogens is 1. The summed E-state index contributed by atoms with van der Waals surface area (Å²) >= 11 is 6.41. The van der Waals surface area contributed by atoms with Gasteiger partial charge in [0, 0.05) is 28.2 Å². The largest absolute Gasteiger partial charge is 0.483 e. The number of fused-ring (bicyclic) bond motifs is 1. The van der Waals surface area contributed by atoms with Crippen molar-refractivity contribution in [2.24, 2.45) is 0 Å². The number of carbonyl (C=O) groups is 1. The molecule has 2 heterocycles. The Bertz CT molecular complexity index is 958. The first-order valence-corrected chi connectivity index (χ1v) is 10.8. The lowest BCUT2D eigenvalue weighted by molar-refractivity contribution is -0.122. The normalized spacial score (nSPS) is 14.0. The lowest BCUT2D eigenvalue weighted by Crippen LogP contribution is -2.31. The Morgan fingerprint density at radius 1 is 1.07 bits per heavy atom. The third-order valence-corrected chi connectivity index (χ3v) is 5.61. The fraction of sp³-hybridized carbons (Fsp3) is 0.333. The van der Waals surface area contributed by atoms with E-state index in [1.807, 2.05) is 30.3 Å². The van der Waals surface area contributed by atoms with E-state index < -0.39 is 0 Å². The zero-order valence-electron chi connectivity index (χ0n) is 17.1. The van der Waals surface area contributed by atoms with Crippen molar-refractivity contribution in [3.05, 3.63) is 59.6 Å². The SMILES string of the molecule is Clc1ccccc1-c1cc(NCCCN2CCCCC2)c2ccccc2n1.O=CO. The maximum Gasteiger partial charge on any atom is 0.290 e. The molecular weight excluding hydrogens is 398 g/mol. The van der Waals surface area contributed by atoms with Crippen LogP contribution < -0.4 is 5.32 Å². The number of carboxylic acid groups (broad SMARTS) is 1. The van der Waals surface area contributed by atoms with Gasteiger partial charge >= 0.3 is 0 Å². The first-order chi connectivity index (χ1) is 14.7. The average Bonchev–Trinajstić information content (AvgIpc) is 2.78. The number of likely N-dealkylation sites (tertiary alicyclic amines) is 1. The molecule has 0 spiro atoms. The number of benzene rings is 2. The van der Waals surface area contributed by atoms with Crippen LogP contribution in [0.5, 0.6) is 0 Å². The summed E-state index contributed by atoms with van der Waals surface area (Å²) in [5, 5.41) is 12.4. The predicted octanol–water partition coefficient (Wildman–Crippen LogP) is 5.54. The molecule has 0 aliphatic carbocycles. The van der Waals surface area contributed by atoms with Crippen LogP contribution in [0.2, 0.25) is 5.02 Å². The van der Waals surface area contributed by atoms with Crippen LogP contribution in [0.25, 0.3) is 22.2 Å². The van der Waals surface area contributed by atoms with E-state index in [-0.39, 0.29) is 6.47 Å². The molecule has 30 heavy (non-hydrogen) atoms. The number of rotatable bonds is 6. The van der Waals surface area contributed by atoms with E-state index in [1.165, 1.54) is 38.9 Å². The number of nitrogens with one attached hydrogen (secondary N) is 1. The lowest BCUT2D eigenvalue weighted by atomic mass is 10.1.